The first kappa shape index (κ1) is 8.11. The topological polar surface area (TPSA) is 38.0 Å². The van der Waals surface area contributed by atoms with Crippen LogP contribution in [0.25, 0.3) is 0 Å². The molecule has 0 radical (unpaired) electrons. The van der Waals surface area contributed by atoms with Gasteiger partial charge in [-0.3, -0.25) is 11.3 Å². The summed E-state index contributed by atoms with van der Waals surface area (Å²) < 4.78 is 0. The number of hydrazine groups is 1. The zero-order valence-electron chi connectivity index (χ0n) is 6.15. The second-order valence-corrected chi connectivity index (χ2v) is 3.25. The van der Waals surface area contributed by atoms with Crippen molar-refractivity contribution < 1.29 is 0 Å². The van der Waals surface area contributed by atoms with Crippen molar-refractivity contribution in [3.05, 3.63) is 0 Å². The molecule has 0 aromatic heterocycles. The Hall–Kier alpha value is 0.115. The second kappa shape index (κ2) is 2.60. The molecule has 0 aliphatic rings. The van der Waals surface area contributed by atoms with Crippen molar-refractivity contribution in [2.24, 2.45) is 5.84 Å². The molecule has 0 fully saturated rings. The predicted molar refractivity (Wildman–Crippen MR) is 45.1 cm³/mol. The smallest absolute Gasteiger partial charge is 0.0925 e. The van der Waals surface area contributed by atoms with E-state index in [9.17, 15) is 0 Å². The Balaban J connectivity index is 3.62. The van der Waals surface area contributed by atoms with Gasteiger partial charge in [0.1, 0.15) is 0 Å². The Morgan fingerprint density at radius 2 is 1.88 bits per heavy atom. The van der Waals surface area contributed by atoms with E-state index in [1.54, 1.807) is 0 Å². The SMILES string of the molecule is BC(B)(B)C(C)NN. The summed E-state index contributed by atoms with van der Waals surface area (Å²) in [5, 5.41) is 0.273. The number of nitrogens with two attached hydrogens (primary N) is 1. The molecular weight excluding hydrogens is 96.5 g/mol. The van der Waals surface area contributed by atoms with E-state index < -0.39 is 0 Å². The molecule has 0 bridgehead atoms. The first-order valence-corrected chi connectivity index (χ1v) is 2.94. The van der Waals surface area contributed by atoms with Crippen molar-refractivity contribution in [1.82, 2.24) is 5.43 Å². The zero-order chi connectivity index (χ0) is 6.78. The van der Waals surface area contributed by atoms with E-state index in [4.69, 9.17) is 5.84 Å². The largest absolute Gasteiger partial charge is 0.271 e. The highest BCUT2D eigenvalue weighted by Gasteiger charge is 2.17. The van der Waals surface area contributed by atoms with Crippen molar-refractivity contribution in [3.63, 3.8) is 0 Å². The van der Waals surface area contributed by atoms with Crippen molar-refractivity contribution in [1.29, 1.82) is 0 Å². The molecule has 1 atom stereocenters. The summed E-state index contributed by atoms with van der Waals surface area (Å²) >= 11 is 0. The fourth-order valence-electron chi connectivity index (χ4n) is 0.250. The fourth-order valence-corrected chi connectivity index (χ4v) is 0.250. The number of hydrogen-bond acceptors (Lipinski definition) is 2. The monoisotopic (exact) mass is 110 g/mol. The highest BCUT2D eigenvalue weighted by atomic mass is 15.2. The zero-order valence-corrected chi connectivity index (χ0v) is 6.15. The van der Waals surface area contributed by atoms with Crippen molar-refractivity contribution in [3.8, 4) is 0 Å². The van der Waals surface area contributed by atoms with E-state index in [-0.39, 0.29) is 5.11 Å². The van der Waals surface area contributed by atoms with Gasteiger partial charge in [0, 0.05) is 6.04 Å². The minimum atomic E-state index is 0.273. The van der Waals surface area contributed by atoms with E-state index in [0.29, 0.717) is 6.04 Å². The van der Waals surface area contributed by atoms with E-state index in [2.05, 4.69) is 35.9 Å². The molecular formula is C3H13B3N2. The average molecular weight is 110 g/mol. The van der Waals surface area contributed by atoms with Gasteiger partial charge in [0.25, 0.3) is 0 Å². The normalized spacial score (nSPS) is 15.8. The highest BCUT2D eigenvalue weighted by Crippen LogP contribution is 2.12. The van der Waals surface area contributed by atoms with Gasteiger partial charge >= 0.3 is 0 Å². The standard InChI is InChI=1S/C3H13B3N2/c1-2(8-7)3(4,5)6/h2,8H,4-7H2,1H3. The van der Waals surface area contributed by atoms with Crippen LogP contribution < -0.4 is 11.3 Å². The molecule has 0 rings (SSSR count). The Labute approximate surface area is 53.8 Å². The van der Waals surface area contributed by atoms with E-state index >= 15 is 0 Å². The molecule has 0 spiro atoms. The lowest BCUT2D eigenvalue weighted by Crippen LogP contribution is -2.43. The van der Waals surface area contributed by atoms with Gasteiger partial charge in [0.05, 0.1) is 23.5 Å². The van der Waals surface area contributed by atoms with Crippen LogP contribution in [0.15, 0.2) is 0 Å². The molecule has 0 saturated carbocycles. The average Bonchev–Trinajstić information content (AvgIpc) is 1.62. The maximum absolute atomic E-state index is 5.21. The Morgan fingerprint density at radius 1 is 1.50 bits per heavy atom. The van der Waals surface area contributed by atoms with Gasteiger partial charge in [-0.25, -0.2) is 0 Å². The summed E-state index contributed by atoms with van der Waals surface area (Å²) in [6.07, 6.45) is 0. The van der Waals surface area contributed by atoms with Crippen LogP contribution in [0, 0.1) is 0 Å². The van der Waals surface area contributed by atoms with Gasteiger partial charge in [0.15, 0.2) is 0 Å². The van der Waals surface area contributed by atoms with Gasteiger partial charge in [0.2, 0.25) is 0 Å². The Bertz CT molecular complexity index is 69.4. The van der Waals surface area contributed by atoms with Gasteiger partial charge in [-0.2, -0.15) is 0 Å². The highest BCUT2D eigenvalue weighted by molar-refractivity contribution is 6.59. The fraction of sp³-hybridized carbons (Fsp3) is 1.00. The van der Waals surface area contributed by atoms with Crippen LogP contribution in [-0.2, 0) is 0 Å². The first-order valence-electron chi connectivity index (χ1n) is 2.94. The maximum atomic E-state index is 5.21. The molecule has 0 aliphatic heterocycles. The molecule has 2 nitrogen and oxygen atoms in total. The third-order valence-corrected chi connectivity index (χ3v) is 1.55. The summed E-state index contributed by atoms with van der Waals surface area (Å²) in [6, 6.07) is 0.377. The Morgan fingerprint density at radius 3 is 1.88 bits per heavy atom. The third kappa shape index (κ3) is 2.43. The summed E-state index contributed by atoms with van der Waals surface area (Å²) in [4.78, 5) is 0. The maximum Gasteiger partial charge on any atom is 0.0925 e. The van der Waals surface area contributed by atoms with Crippen LogP contribution >= 0.6 is 0 Å². The minimum absolute atomic E-state index is 0.273. The molecule has 5 heteroatoms. The Kier molecular flexibility index (Phi) is 2.64. The molecule has 3 N–H and O–H groups in total. The molecule has 0 aromatic rings. The van der Waals surface area contributed by atoms with Crippen LogP contribution in [0.5, 0.6) is 0 Å². The molecule has 0 heterocycles. The minimum Gasteiger partial charge on any atom is -0.271 e. The van der Waals surface area contributed by atoms with Gasteiger partial charge in [-0.05, 0) is 6.92 Å². The van der Waals surface area contributed by atoms with Crippen LogP contribution in [0.3, 0.4) is 0 Å². The van der Waals surface area contributed by atoms with Crippen molar-refractivity contribution in [2.75, 3.05) is 0 Å². The quantitative estimate of drug-likeness (QED) is 0.223. The van der Waals surface area contributed by atoms with Crippen molar-refractivity contribution in [2.45, 2.75) is 18.1 Å². The molecule has 8 heavy (non-hydrogen) atoms. The van der Waals surface area contributed by atoms with Gasteiger partial charge in [-0.1, -0.05) is 5.11 Å². The summed E-state index contributed by atoms with van der Waals surface area (Å²) in [6.45, 7) is 2.07. The van der Waals surface area contributed by atoms with Crippen LogP contribution in [-0.4, -0.2) is 29.6 Å². The van der Waals surface area contributed by atoms with Crippen LogP contribution in [0.4, 0.5) is 0 Å². The number of rotatable bonds is 2. The van der Waals surface area contributed by atoms with E-state index in [0.717, 1.165) is 0 Å². The third-order valence-electron chi connectivity index (χ3n) is 1.55. The van der Waals surface area contributed by atoms with E-state index in [1.165, 1.54) is 0 Å². The first-order chi connectivity index (χ1) is 3.48. The lowest BCUT2D eigenvalue weighted by atomic mass is 9.40. The predicted octanol–water partition coefficient (Wildman–Crippen LogP) is -3.19. The summed E-state index contributed by atoms with van der Waals surface area (Å²) in [5.41, 5.74) is 2.70. The van der Waals surface area contributed by atoms with Crippen LogP contribution in [0.1, 0.15) is 6.92 Å². The molecule has 0 amide bonds. The lowest BCUT2D eigenvalue weighted by molar-refractivity contribution is 0.574. The number of hydrogen-bond donors (Lipinski definition) is 2. The molecule has 0 aliphatic carbocycles. The second-order valence-electron chi connectivity index (χ2n) is 3.25. The van der Waals surface area contributed by atoms with Crippen molar-refractivity contribution >= 4 is 23.5 Å². The molecule has 44 valence electrons. The number of nitrogens with one attached hydrogen (secondary N) is 1. The lowest BCUT2D eigenvalue weighted by Gasteiger charge is -2.25. The molecule has 0 aromatic carbocycles. The van der Waals surface area contributed by atoms with Gasteiger partial charge < -0.3 is 0 Å². The molecule has 0 saturated heterocycles. The molecule has 1 unspecified atom stereocenters. The summed E-state index contributed by atoms with van der Waals surface area (Å²) in [7, 11) is 6.45. The van der Waals surface area contributed by atoms with Gasteiger partial charge in [-0.15, -0.1) is 0 Å². The summed E-state index contributed by atoms with van der Waals surface area (Å²) in [5.74, 6) is 5.21. The van der Waals surface area contributed by atoms with Crippen LogP contribution in [0.2, 0.25) is 5.11 Å². The van der Waals surface area contributed by atoms with E-state index in [1.807, 2.05) is 0 Å².